The van der Waals surface area contributed by atoms with Crippen LogP contribution in [0.1, 0.15) is 24.1 Å². The molecule has 0 fully saturated rings. The Kier molecular flexibility index (Phi) is 4.34. The summed E-state index contributed by atoms with van der Waals surface area (Å²) in [6.45, 7) is 3.99. The van der Waals surface area contributed by atoms with Crippen LogP contribution in [0.15, 0.2) is 36.4 Å². The third-order valence-electron chi connectivity index (χ3n) is 3.19. The minimum Gasteiger partial charge on any atom is -0.363 e. The fourth-order valence-electron chi connectivity index (χ4n) is 2.14. The third-order valence-corrected chi connectivity index (χ3v) is 3.19. The molecule has 2 aromatic rings. The van der Waals surface area contributed by atoms with Gasteiger partial charge in [0.2, 0.25) is 0 Å². The summed E-state index contributed by atoms with van der Waals surface area (Å²) in [5, 5.41) is 14.1. The Labute approximate surface area is 122 Å². The first-order valence-electron chi connectivity index (χ1n) is 6.46. The second-order valence-electron chi connectivity index (χ2n) is 4.72. The number of anilines is 2. The average molecular weight is 287 g/mol. The van der Waals surface area contributed by atoms with Crippen LogP contribution in [0.25, 0.3) is 0 Å². The summed E-state index contributed by atoms with van der Waals surface area (Å²) in [4.78, 5) is 14.6. The van der Waals surface area contributed by atoms with E-state index in [1.54, 1.807) is 0 Å². The van der Waals surface area contributed by atoms with E-state index in [1.807, 2.05) is 38.1 Å². The highest BCUT2D eigenvalue weighted by molar-refractivity contribution is 5.55. The molecular formula is C14H17N5O2. The fourth-order valence-corrected chi connectivity index (χ4v) is 2.14. The summed E-state index contributed by atoms with van der Waals surface area (Å²) in [7, 11) is 0. The molecular weight excluding hydrogens is 270 g/mol. The van der Waals surface area contributed by atoms with Crippen LogP contribution in [0.3, 0.4) is 0 Å². The van der Waals surface area contributed by atoms with Gasteiger partial charge >= 0.3 is 0 Å². The number of nitrogens with two attached hydrogens (primary N) is 1. The van der Waals surface area contributed by atoms with Crippen molar-refractivity contribution in [3.63, 3.8) is 0 Å². The van der Waals surface area contributed by atoms with Crippen molar-refractivity contribution in [3.8, 4) is 0 Å². The summed E-state index contributed by atoms with van der Waals surface area (Å²) in [5.41, 5.74) is 4.50. The minimum absolute atomic E-state index is 0.0358. The van der Waals surface area contributed by atoms with Gasteiger partial charge in [0.1, 0.15) is 11.6 Å². The topological polar surface area (TPSA) is 106 Å². The van der Waals surface area contributed by atoms with Gasteiger partial charge < -0.3 is 10.7 Å². The van der Waals surface area contributed by atoms with Crippen LogP contribution < -0.4 is 16.6 Å². The largest absolute Gasteiger partial charge is 0.363 e. The minimum atomic E-state index is -0.480. The number of pyridine rings is 1. The number of hydrazine groups is 1. The molecule has 110 valence electrons. The molecule has 0 aliphatic carbocycles. The molecule has 0 aliphatic heterocycles. The monoisotopic (exact) mass is 287 g/mol. The summed E-state index contributed by atoms with van der Waals surface area (Å²) in [6, 6.07) is 10.6. The Bertz CT molecular complexity index is 660. The van der Waals surface area contributed by atoms with Crippen LogP contribution in [-0.2, 0) is 0 Å². The van der Waals surface area contributed by atoms with Crippen molar-refractivity contribution >= 4 is 17.3 Å². The first-order valence-corrected chi connectivity index (χ1v) is 6.46. The third kappa shape index (κ3) is 3.46. The van der Waals surface area contributed by atoms with E-state index in [0.29, 0.717) is 5.82 Å². The molecule has 1 unspecified atom stereocenters. The van der Waals surface area contributed by atoms with E-state index < -0.39 is 4.92 Å². The summed E-state index contributed by atoms with van der Waals surface area (Å²) in [6.07, 6.45) is 0. The van der Waals surface area contributed by atoms with E-state index in [0.717, 1.165) is 11.1 Å². The summed E-state index contributed by atoms with van der Waals surface area (Å²) in [5.74, 6) is 5.93. The number of aromatic nitrogens is 1. The summed E-state index contributed by atoms with van der Waals surface area (Å²) < 4.78 is 0. The maximum atomic E-state index is 10.9. The lowest BCUT2D eigenvalue weighted by Crippen LogP contribution is -2.13. The van der Waals surface area contributed by atoms with Crippen molar-refractivity contribution in [2.45, 2.75) is 19.9 Å². The first-order chi connectivity index (χ1) is 10.0. The van der Waals surface area contributed by atoms with Gasteiger partial charge in [0.25, 0.3) is 5.69 Å². The van der Waals surface area contributed by atoms with Crippen LogP contribution in [0, 0.1) is 17.0 Å². The number of benzene rings is 1. The molecule has 0 radical (unpaired) electrons. The Morgan fingerprint density at radius 1 is 1.29 bits per heavy atom. The van der Waals surface area contributed by atoms with Crippen molar-refractivity contribution < 1.29 is 4.92 Å². The molecule has 1 aromatic heterocycles. The number of nitrogen functional groups attached to an aromatic ring is 1. The Morgan fingerprint density at radius 3 is 2.57 bits per heavy atom. The van der Waals surface area contributed by atoms with Gasteiger partial charge in [-0.3, -0.25) is 10.1 Å². The highest BCUT2D eigenvalue weighted by Gasteiger charge is 2.14. The highest BCUT2D eigenvalue weighted by atomic mass is 16.6. The van der Waals surface area contributed by atoms with E-state index in [2.05, 4.69) is 15.7 Å². The van der Waals surface area contributed by atoms with Gasteiger partial charge in [-0.05, 0) is 25.0 Å². The van der Waals surface area contributed by atoms with Gasteiger partial charge in [-0.25, -0.2) is 10.8 Å². The van der Waals surface area contributed by atoms with Crippen molar-refractivity contribution in [2.75, 3.05) is 10.7 Å². The zero-order valence-corrected chi connectivity index (χ0v) is 11.8. The van der Waals surface area contributed by atoms with E-state index >= 15 is 0 Å². The molecule has 0 saturated carbocycles. The Morgan fingerprint density at radius 2 is 1.95 bits per heavy atom. The van der Waals surface area contributed by atoms with Gasteiger partial charge in [-0.2, -0.15) is 0 Å². The molecule has 0 spiro atoms. The molecule has 1 aromatic carbocycles. The van der Waals surface area contributed by atoms with Gasteiger partial charge in [0.15, 0.2) is 0 Å². The molecule has 1 atom stereocenters. The van der Waals surface area contributed by atoms with Crippen LogP contribution in [-0.4, -0.2) is 9.91 Å². The number of hydrogen-bond donors (Lipinski definition) is 3. The number of nitro groups is 1. The smallest absolute Gasteiger partial charge is 0.276 e. The Hall–Kier alpha value is -2.67. The molecule has 0 aliphatic rings. The maximum absolute atomic E-state index is 10.9. The number of hydrogen-bond acceptors (Lipinski definition) is 6. The van der Waals surface area contributed by atoms with Crippen LogP contribution in [0.5, 0.6) is 0 Å². The predicted molar refractivity (Wildman–Crippen MR) is 81.9 cm³/mol. The van der Waals surface area contributed by atoms with Crippen LogP contribution in [0.4, 0.5) is 17.3 Å². The lowest BCUT2D eigenvalue weighted by molar-refractivity contribution is -0.384. The first kappa shape index (κ1) is 14.7. The summed E-state index contributed by atoms with van der Waals surface area (Å²) >= 11 is 0. The van der Waals surface area contributed by atoms with E-state index in [-0.39, 0.29) is 17.5 Å². The average Bonchev–Trinajstić information content (AvgIpc) is 2.47. The van der Waals surface area contributed by atoms with Gasteiger partial charge in [0.05, 0.1) is 23.1 Å². The number of rotatable bonds is 5. The quantitative estimate of drug-likeness (QED) is 0.443. The fraction of sp³-hybridized carbons (Fsp3) is 0.214. The van der Waals surface area contributed by atoms with Crippen LogP contribution in [0.2, 0.25) is 0 Å². The SMILES string of the molecule is Cc1ccccc1C(C)Nc1cc([N+](=O)[O-])cc(NN)n1. The van der Waals surface area contributed by atoms with E-state index in [9.17, 15) is 10.1 Å². The zero-order valence-electron chi connectivity index (χ0n) is 11.8. The lowest BCUT2D eigenvalue weighted by atomic mass is 10.0. The molecule has 0 amide bonds. The molecule has 4 N–H and O–H groups in total. The maximum Gasteiger partial charge on any atom is 0.276 e. The molecule has 1 heterocycles. The van der Waals surface area contributed by atoms with Crippen molar-refractivity contribution in [2.24, 2.45) is 5.84 Å². The second-order valence-corrected chi connectivity index (χ2v) is 4.72. The number of nitrogens with zero attached hydrogens (tertiary/aromatic N) is 2. The van der Waals surface area contributed by atoms with Crippen molar-refractivity contribution in [1.29, 1.82) is 0 Å². The molecule has 7 heteroatoms. The predicted octanol–water partition coefficient (Wildman–Crippen LogP) is 2.76. The highest BCUT2D eigenvalue weighted by Crippen LogP contribution is 2.25. The Balaban J connectivity index is 2.28. The molecule has 2 rings (SSSR count). The molecule has 21 heavy (non-hydrogen) atoms. The normalized spacial score (nSPS) is 11.8. The van der Waals surface area contributed by atoms with Crippen molar-refractivity contribution in [1.82, 2.24) is 4.98 Å². The van der Waals surface area contributed by atoms with Crippen molar-refractivity contribution in [3.05, 3.63) is 57.6 Å². The van der Waals surface area contributed by atoms with Gasteiger partial charge in [-0.15, -0.1) is 0 Å². The molecule has 0 bridgehead atoms. The lowest BCUT2D eigenvalue weighted by Gasteiger charge is -2.17. The number of aryl methyl sites for hydroxylation is 1. The van der Waals surface area contributed by atoms with Crippen LogP contribution >= 0.6 is 0 Å². The number of nitrogens with one attached hydrogen (secondary N) is 2. The van der Waals surface area contributed by atoms with E-state index in [4.69, 9.17) is 5.84 Å². The van der Waals surface area contributed by atoms with E-state index in [1.165, 1.54) is 12.1 Å². The second kappa shape index (κ2) is 6.19. The zero-order chi connectivity index (χ0) is 15.4. The molecule has 0 saturated heterocycles. The van der Waals surface area contributed by atoms with Gasteiger partial charge in [-0.1, -0.05) is 24.3 Å². The van der Waals surface area contributed by atoms with Gasteiger partial charge in [0, 0.05) is 0 Å². The molecule has 7 nitrogen and oxygen atoms in total. The standard InChI is InChI=1S/C14H17N5O2/c1-9-5-3-4-6-12(9)10(2)16-13-7-11(19(20)21)8-14(17-13)18-15/h3-8,10H,15H2,1-2H3,(H2,16,17,18).